The molecule has 3 aliphatic rings. The Morgan fingerprint density at radius 1 is 1.06 bits per heavy atom. The van der Waals surface area contributed by atoms with Crippen molar-refractivity contribution in [3.05, 3.63) is 71.6 Å². The fourth-order valence-corrected chi connectivity index (χ4v) is 7.95. The van der Waals surface area contributed by atoms with Gasteiger partial charge in [0.25, 0.3) is 0 Å². The third kappa shape index (κ3) is 6.36. The molecule has 0 spiro atoms. The van der Waals surface area contributed by atoms with Crippen molar-refractivity contribution < 1.29 is 17.5 Å². The van der Waals surface area contributed by atoms with Crippen LogP contribution in [-0.2, 0) is 26.7 Å². The molecule has 1 aliphatic carbocycles. The normalized spacial score (nSPS) is 25.9. The summed E-state index contributed by atoms with van der Waals surface area (Å²) in [6.07, 6.45) is 14.6. The molecule has 0 radical (unpaired) electrons. The van der Waals surface area contributed by atoms with Gasteiger partial charge in [0, 0.05) is 49.2 Å². The van der Waals surface area contributed by atoms with Crippen molar-refractivity contribution in [2.24, 2.45) is 5.92 Å². The molecule has 0 bridgehead atoms. The average molecular weight is 519 g/mol. The molecule has 2 saturated heterocycles. The van der Waals surface area contributed by atoms with Gasteiger partial charge in [0.15, 0.2) is 0 Å². The number of nitrogens with zero attached hydrogens (tertiary/aromatic N) is 2. The molecule has 2 heterocycles. The molecule has 0 aromatic heterocycles. The van der Waals surface area contributed by atoms with Crippen LogP contribution in [0.1, 0.15) is 57.6 Å². The molecule has 2 aliphatic heterocycles. The number of allylic oxidation sites excluding steroid dienone is 6. The summed E-state index contributed by atoms with van der Waals surface area (Å²) in [5.41, 5.74) is 1.25. The van der Waals surface area contributed by atoms with E-state index in [1.165, 1.54) is 4.31 Å². The zero-order chi connectivity index (χ0) is 26.3. The third-order valence-electron chi connectivity index (χ3n) is 7.56. The highest BCUT2D eigenvalue weighted by Gasteiger charge is 2.43. The maximum Gasteiger partial charge on any atom is 0.218 e. The Kier molecular flexibility index (Phi) is 10.1. The summed E-state index contributed by atoms with van der Waals surface area (Å²) in [5.74, 6) is -0.508. The van der Waals surface area contributed by atoms with Gasteiger partial charge in [-0.15, -0.1) is 0 Å². The maximum absolute atomic E-state index is 15.5. The first-order valence-corrected chi connectivity index (χ1v) is 14.8. The minimum absolute atomic E-state index is 0.0638. The number of benzene rings is 1. The van der Waals surface area contributed by atoms with Crippen LogP contribution in [-0.4, -0.2) is 62.8 Å². The van der Waals surface area contributed by atoms with Crippen LogP contribution in [0.15, 0.2) is 54.7 Å². The van der Waals surface area contributed by atoms with Crippen molar-refractivity contribution in [1.29, 1.82) is 0 Å². The van der Waals surface area contributed by atoms with E-state index in [0.29, 0.717) is 25.2 Å². The lowest BCUT2D eigenvalue weighted by atomic mass is 9.73. The number of likely N-dealkylation sites (N-methyl/N-ethyl adjacent to an activating group) is 1. The Bertz CT molecular complexity index is 1040. The van der Waals surface area contributed by atoms with Crippen LogP contribution in [0.25, 0.3) is 0 Å². The van der Waals surface area contributed by atoms with E-state index in [2.05, 4.69) is 4.90 Å². The highest BCUT2D eigenvalue weighted by atomic mass is 32.2. The molecule has 1 aromatic carbocycles. The van der Waals surface area contributed by atoms with Crippen LogP contribution < -0.4 is 0 Å². The molecule has 0 amide bonds. The van der Waals surface area contributed by atoms with Gasteiger partial charge in [-0.05, 0) is 58.3 Å². The van der Waals surface area contributed by atoms with Gasteiger partial charge in [-0.25, -0.2) is 12.8 Å². The number of halogens is 1. The first kappa shape index (κ1) is 28.8. The third-order valence-corrected chi connectivity index (χ3v) is 10.0. The lowest BCUT2D eigenvalue weighted by Gasteiger charge is -2.40. The summed E-state index contributed by atoms with van der Waals surface area (Å²) in [6, 6.07) is 5.26. The van der Waals surface area contributed by atoms with Gasteiger partial charge in [0.1, 0.15) is 5.82 Å². The van der Waals surface area contributed by atoms with Crippen LogP contribution in [0.5, 0.6) is 0 Å². The fourth-order valence-electron chi connectivity index (χ4n) is 5.66. The Morgan fingerprint density at radius 3 is 2.28 bits per heavy atom. The quantitative estimate of drug-likeness (QED) is 0.503. The molecule has 5 nitrogen and oxygen atoms in total. The molecule has 7 heteroatoms. The molecule has 0 saturated carbocycles. The minimum Gasteiger partial charge on any atom is -0.381 e. The van der Waals surface area contributed by atoms with Crippen molar-refractivity contribution in [3.8, 4) is 0 Å². The van der Waals surface area contributed by atoms with Crippen LogP contribution >= 0.6 is 0 Å². The Labute approximate surface area is 217 Å². The van der Waals surface area contributed by atoms with E-state index in [0.717, 1.165) is 31.4 Å². The smallest absolute Gasteiger partial charge is 0.218 e. The molecule has 200 valence electrons. The second-order valence-electron chi connectivity index (χ2n) is 10.2. The SMILES string of the molecule is CC.C[C@H]1CC[C@H](C2C=CC=CC=C2)S(=O)(=O)N1Cc1ccc(C2(CN(C)C)CCOCC2)cc1F. The van der Waals surface area contributed by atoms with E-state index in [9.17, 15) is 8.42 Å². The van der Waals surface area contributed by atoms with E-state index in [-0.39, 0.29) is 29.7 Å². The topological polar surface area (TPSA) is 49.9 Å². The van der Waals surface area contributed by atoms with E-state index in [1.54, 1.807) is 12.1 Å². The van der Waals surface area contributed by atoms with Gasteiger partial charge < -0.3 is 9.64 Å². The van der Waals surface area contributed by atoms with Crippen molar-refractivity contribution >= 4 is 10.0 Å². The lowest BCUT2D eigenvalue weighted by molar-refractivity contribution is 0.0400. The number of hydrogen-bond acceptors (Lipinski definition) is 4. The van der Waals surface area contributed by atoms with Crippen LogP contribution in [0.2, 0.25) is 0 Å². The molecule has 0 N–H and O–H groups in total. The van der Waals surface area contributed by atoms with Crippen molar-refractivity contribution in [3.63, 3.8) is 0 Å². The summed E-state index contributed by atoms with van der Waals surface area (Å²) >= 11 is 0. The molecular formula is C29H43FN2O3S. The molecular weight excluding hydrogens is 475 g/mol. The first-order chi connectivity index (χ1) is 17.2. The van der Waals surface area contributed by atoms with Gasteiger partial charge in [0.05, 0.1) is 5.25 Å². The highest BCUT2D eigenvalue weighted by molar-refractivity contribution is 7.89. The largest absolute Gasteiger partial charge is 0.381 e. The van der Waals surface area contributed by atoms with E-state index in [4.69, 9.17) is 4.74 Å². The Morgan fingerprint density at radius 2 is 1.69 bits per heavy atom. The van der Waals surface area contributed by atoms with Crippen LogP contribution in [0.4, 0.5) is 4.39 Å². The van der Waals surface area contributed by atoms with Gasteiger partial charge in [-0.3, -0.25) is 0 Å². The summed E-state index contributed by atoms with van der Waals surface area (Å²) < 4.78 is 49.8. The number of hydrogen-bond donors (Lipinski definition) is 0. The van der Waals surface area contributed by atoms with Crippen molar-refractivity contribution in [2.45, 2.75) is 69.7 Å². The van der Waals surface area contributed by atoms with Crippen LogP contribution in [0.3, 0.4) is 0 Å². The predicted octanol–water partition coefficient (Wildman–Crippen LogP) is 5.44. The second kappa shape index (κ2) is 12.6. The zero-order valence-corrected chi connectivity index (χ0v) is 23.3. The number of sulfonamides is 1. The monoisotopic (exact) mass is 518 g/mol. The first-order valence-electron chi connectivity index (χ1n) is 13.3. The molecule has 4 rings (SSSR count). The summed E-state index contributed by atoms with van der Waals surface area (Å²) in [7, 11) is 0.485. The highest BCUT2D eigenvalue weighted by Crippen LogP contribution is 2.38. The molecule has 2 atom stereocenters. The van der Waals surface area contributed by atoms with Crippen molar-refractivity contribution in [2.75, 3.05) is 33.9 Å². The lowest BCUT2D eigenvalue weighted by Crippen LogP contribution is -2.50. The Balaban J connectivity index is 0.00000176. The summed E-state index contributed by atoms with van der Waals surface area (Å²) in [4.78, 5) is 2.14. The summed E-state index contributed by atoms with van der Waals surface area (Å²) in [5, 5.41) is -0.524. The van der Waals surface area contributed by atoms with Gasteiger partial charge in [-0.2, -0.15) is 4.31 Å². The number of ether oxygens (including phenoxy) is 1. The second-order valence-corrected chi connectivity index (χ2v) is 12.3. The van der Waals surface area contributed by atoms with Gasteiger partial charge >= 0.3 is 0 Å². The fraction of sp³-hybridized carbons (Fsp3) is 0.586. The molecule has 0 unspecified atom stereocenters. The minimum atomic E-state index is -3.59. The van der Waals surface area contributed by atoms with E-state index < -0.39 is 15.3 Å². The molecule has 1 aromatic rings. The van der Waals surface area contributed by atoms with Crippen molar-refractivity contribution in [1.82, 2.24) is 9.21 Å². The number of rotatable bonds is 6. The summed E-state index contributed by atoms with van der Waals surface area (Å²) in [6.45, 7) is 8.15. The van der Waals surface area contributed by atoms with Crippen LogP contribution in [0, 0.1) is 11.7 Å². The average Bonchev–Trinajstić information content (AvgIpc) is 3.13. The van der Waals surface area contributed by atoms with Gasteiger partial charge in [-0.1, -0.05) is 62.4 Å². The standard InChI is InChI=1S/C27H37FN2O3S.C2H6/c1-21-10-13-26(22-8-6-4-5-7-9-22)34(31,32)30(21)19-23-11-12-24(18-25(23)28)27(20-29(2)3)14-16-33-17-15-27;1-2/h4-9,11-12,18,21-22,26H,10,13-17,19-20H2,1-3H3;1-2H3/t21-,26+;/m0./s1. The Hall–Kier alpha value is -1.80. The van der Waals surface area contributed by atoms with E-state index >= 15 is 4.39 Å². The molecule has 2 fully saturated rings. The van der Waals surface area contributed by atoms with Gasteiger partial charge in [0.2, 0.25) is 10.0 Å². The van der Waals surface area contributed by atoms with E-state index in [1.807, 2.05) is 77.4 Å². The molecule has 36 heavy (non-hydrogen) atoms. The maximum atomic E-state index is 15.5. The predicted molar refractivity (Wildman–Crippen MR) is 146 cm³/mol. The zero-order valence-electron chi connectivity index (χ0n) is 22.5.